The Balaban J connectivity index is 1.91. The highest BCUT2D eigenvalue weighted by molar-refractivity contribution is 7.17. The third-order valence-corrected chi connectivity index (χ3v) is 4.15. The van der Waals surface area contributed by atoms with Gasteiger partial charge in [-0.05, 0) is 41.1 Å². The summed E-state index contributed by atoms with van der Waals surface area (Å²) in [5.41, 5.74) is 12.5. The molecule has 0 aliphatic rings. The van der Waals surface area contributed by atoms with Gasteiger partial charge >= 0.3 is 0 Å². The van der Waals surface area contributed by atoms with Gasteiger partial charge in [0, 0.05) is 24.3 Å². The number of nitrogen functional groups attached to an aromatic ring is 1. The molecule has 3 heterocycles. The van der Waals surface area contributed by atoms with Crippen molar-refractivity contribution in [1.29, 1.82) is 0 Å². The molecule has 6 heteroatoms. The Hall–Kier alpha value is -2.02. The van der Waals surface area contributed by atoms with Crippen molar-refractivity contribution >= 4 is 27.2 Å². The minimum Gasteiger partial charge on any atom is -0.398 e. The normalized spacial score (nSPS) is 12.7. The number of nitrogens with two attached hydrogens (primary N) is 2. The highest BCUT2D eigenvalue weighted by atomic mass is 32.1. The molecule has 5 nitrogen and oxygen atoms in total. The van der Waals surface area contributed by atoms with Gasteiger partial charge in [-0.2, -0.15) is 0 Å². The molecule has 0 spiro atoms. The van der Waals surface area contributed by atoms with E-state index >= 15 is 0 Å². The van der Waals surface area contributed by atoms with Crippen LogP contribution in [0.5, 0.6) is 0 Å². The van der Waals surface area contributed by atoms with Gasteiger partial charge < -0.3 is 5.73 Å². The van der Waals surface area contributed by atoms with Crippen molar-refractivity contribution in [1.82, 2.24) is 15.4 Å². The van der Waals surface area contributed by atoms with Crippen molar-refractivity contribution in [2.75, 3.05) is 5.73 Å². The predicted molar refractivity (Wildman–Crippen MR) is 82.0 cm³/mol. The highest BCUT2D eigenvalue weighted by Gasteiger charge is 2.13. The summed E-state index contributed by atoms with van der Waals surface area (Å²) >= 11 is 1.67. The molecule has 0 aromatic carbocycles. The highest BCUT2D eigenvalue weighted by Crippen LogP contribution is 2.25. The van der Waals surface area contributed by atoms with Crippen LogP contribution in [-0.2, 0) is 6.42 Å². The molecule has 0 saturated carbocycles. The number of anilines is 1. The zero-order valence-electron chi connectivity index (χ0n) is 10.8. The van der Waals surface area contributed by atoms with E-state index in [2.05, 4.69) is 21.5 Å². The number of nitrogens with zero attached hydrogens (tertiary/aromatic N) is 2. The molecule has 0 saturated heterocycles. The second-order valence-corrected chi connectivity index (χ2v) is 5.52. The molecule has 0 aliphatic heterocycles. The Morgan fingerprint density at radius 2 is 2.20 bits per heavy atom. The summed E-state index contributed by atoms with van der Waals surface area (Å²) in [5, 5.41) is 2.03. The summed E-state index contributed by atoms with van der Waals surface area (Å²) in [4.78, 5) is 8.55. The summed E-state index contributed by atoms with van der Waals surface area (Å²) in [6.45, 7) is 0. The largest absolute Gasteiger partial charge is 0.398 e. The van der Waals surface area contributed by atoms with Gasteiger partial charge in [0.1, 0.15) is 0 Å². The van der Waals surface area contributed by atoms with Crippen LogP contribution in [0.1, 0.15) is 17.2 Å². The van der Waals surface area contributed by atoms with Gasteiger partial charge in [-0.15, -0.1) is 11.3 Å². The summed E-state index contributed by atoms with van der Waals surface area (Å²) < 4.78 is 1.15. The number of nitrogens with one attached hydrogen (secondary N) is 1. The minimum absolute atomic E-state index is 0.0412. The summed E-state index contributed by atoms with van der Waals surface area (Å²) in [5.74, 6) is 5.69. The first-order valence-electron chi connectivity index (χ1n) is 6.25. The van der Waals surface area contributed by atoms with Gasteiger partial charge in [-0.1, -0.05) is 0 Å². The van der Waals surface area contributed by atoms with E-state index in [1.165, 1.54) is 0 Å². The Labute approximate surface area is 120 Å². The zero-order chi connectivity index (χ0) is 13.9. The van der Waals surface area contributed by atoms with Gasteiger partial charge in [0.2, 0.25) is 0 Å². The van der Waals surface area contributed by atoms with Crippen molar-refractivity contribution in [3.63, 3.8) is 0 Å². The van der Waals surface area contributed by atoms with E-state index in [4.69, 9.17) is 11.6 Å². The van der Waals surface area contributed by atoms with Crippen LogP contribution in [-0.4, -0.2) is 9.97 Å². The van der Waals surface area contributed by atoms with Crippen LogP contribution in [0.3, 0.4) is 0 Å². The Bertz CT molecular complexity index is 724. The molecule has 3 aromatic rings. The molecule has 0 radical (unpaired) electrons. The van der Waals surface area contributed by atoms with E-state index in [0.29, 0.717) is 6.42 Å². The minimum atomic E-state index is -0.0412. The van der Waals surface area contributed by atoms with Crippen LogP contribution in [0.4, 0.5) is 5.69 Å². The number of hydrogen-bond acceptors (Lipinski definition) is 6. The molecule has 3 rings (SSSR count). The fraction of sp³-hybridized carbons (Fsp3) is 0.143. The standard InChI is InChI=1S/C14H15N5S/c15-11-1-3-17-7-9(11)5-13(19-16)10-6-14-12(18-8-10)2-4-20-14/h1-4,6-8,13,19H,5,16H2,(H2,15,17). The number of pyridine rings is 2. The number of hydrazine groups is 1. The van der Waals surface area contributed by atoms with Crippen LogP contribution in [0.15, 0.2) is 42.2 Å². The van der Waals surface area contributed by atoms with E-state index in [9.17, 15) is 0 Å². The molecular formula is C14H15N5S. The fourth-order valence-corrected chi connectivity index (χ4v) is 2.94. The van der Waals surface area contributed by atoms with Gasteiger partial charge in [-0.3, -0.25) is 21.2 Å². The topological polar surface area (TPSA) is 89.8 Å². The second-order valence-electron chi connectivity index (χ2n) is 4.57. The molecule has 0 aliphatic carbocycles. The van der Waals surface area contributed by atoms with Gasteiger partial charge in [0.25, 0.3) is 0 Å². The van der Waals surface area contributed by atoms with Crippen molar-refractivity contribution in [3.8, 4) is 0 Å². The van der Waals surface area contributed by atoms with Crippen LogP contribution in [0.25, 0.3) is 10.2 Å². The van der Waals surface area contributed by atoms with Gasteiger partial charge in [-0.25, -0.2) is 0 Å². The van der Waals surface area contributed by atoms with E-state index in [1.807, 2.05) is 17.6 Å². The molecule has 0 bridgehead atoms. The first-order valence-corrected chi connectivity index (χ1v) is 7.13. The molecular weight excluding hydrogens is 270 g/mol. The average molecular weight is 285 g/mol. The fourth-order valence-electron chi connectivity index (χ4n) is 2.15. The van der Waals surface area contributed by atoms with Crippen molar-refractivity contribution in [2.24, 2.45) is 5.84 Å². The van der Waals surface area contributed by atoms with E-state index in [1.54, 1.807) is 29.8 Å². The lowest BCUT2D eigenvalue weighted by Gasteiger charge is -2.17. The Morgan fingerprint density at radius 3 is 3.00 bits per heavy atom. The third-order valence-electron chi connectivity index (χ3n) is 3.29. The Morgan fingerprint density at radius 1 is 1.30 bits per heavy atom. The van der Waals surface area contributed by atoms with E-state index < -0.39 is 0 Å². The maximum absolute atomic E-state index is 5.95. The molecule has 5 N–H and O–H groups in total. The molecule has 20 heavy (non-hydrogen) atoms. The van der Waals surface area contributed by atoms with E-state index in [-0.39, 0.29) is 6.04 Å². The van der Waals surface area contributed by atoms with Crippen LogP contribution >= 0.6 is 11.3 Å². The van der Waals surface area contributed by atoms with Crippen molar-refractivity contribution < 1.29 is 0 Å². The summed E-state index contributed by atoms with van der Waals surface area (Å²) in [6.07, 6.45) is 5.99. The first-order chi connectivity index (χ1) is 9.78. The van der Waals surface area contributed by atoms with E-state index in [0.717, 1.165) is 27.0 Å². The summed E-state index contributed by atoms with van der Waals surface area (Å²) in [6, 6.07) is 5.88. The quantitative estimate of drug-likeness (QED) is 0.504. The second kappa shape index (κ2) is 5.54. The summed E-state index contributed by atoms with van der Waals surface area (Å²) in [7, 11) is 0. The molecule has 0 amide bonds. The maximum Gasteiger partial charge on any atom is 0.0809 e. The van der Waals surface area contributed by atoms with Crippen molar-refractivity contribution in [2.45, 2.75) is 12.5 Å². The van der Waals surface area contributed by atoms with Gasteiger partial charge in [0.15, 0.2) is 0 Å². The number of fused-ring (bicyclic) bond motifs is 1. The number of hydrogen-bond donors (Lipinski definition) is 3. The number of aromatic nitrogens is 2. The zero-order valence-corrected chi connectivity index (χ0v) is 11.6. The van der Waals surface area contributed by atoms with Crippen LogP contribution < -0.4 is 17.0 Å². The lowest BCUT2D eigenvalue weighted by Crippen LogP contribution is -2.29. The predicted octanol–water partition coefficient (Wildman–Crippen LogP) is 2.02. The average Bonchev–Trinajstić information content (AvgIpc) is 2.94. The monoisotopic (exact) mass is 285 g/mol. The van der Waals surface area contributed by atoms with Crippen LogP contribution in [0.2, 0.25) is 0 Å². The molecule has 102 valence electrons. The van der Waals surface area contributed by atoms with Gasteiger partial charge in [0.05, 0.1) is 16.3 Å². The smallest absolute Gasteiger partial charge is 0.0809 e. The molecule has 1 atom stereocenters. The molecule has 0 fully saturated rings. The van der Waals surface area contributed by atoms with Crippen LogP contribution in [0, 0.1) is 0 Å². The third kappa shape index (κ3) is 2.49. The lowest BCUT2D eigenvalue weighted by molar-refractivity contribution is 0.551. The SMILES string of the molecule is NNC(Cc1cnccc1N)c1cnc2ccsc2c1. The molecule has 1 unspecified atom stereocenters. The molecule has 3 aromatic heterocycles. The number of thiophene rings is 1. The first kappa shape index (κ1) is 13.0. The van der Waals surface area contributed by atoms with Crippen molar-refractivity contribution in [3.05, 3.63) is 53.3 Å². The maximum atomic E-state index is 5.95. The number of rotatable bonds is 4. The Kier molecular flexibility index (Phi) is 3.60. The lowest BCUT2D eigenvalue weighted by atomic mass is 10.0.